The van der Waals surface area contributed by atoms with Crippen LogP contribution in [0.5, 0.6) is 0 Å². The first-order chi connectivity index (χ1) is 12.7. The first-order valence-electron chi connectivity index (χ1n) is 7.93. The normalized spacial score (nSPS) is 11.6. The number of aryl methyl sites for hydroxylation is 1. The van der Waals surface area contributed by atoms with Gasteiger partial charge in [0.05, 0.1) is 28.6 Å². The van der Waals surface area contributed by atoms with E-state index in [0.717, 1.165) is 5.56 Å². The minimum atomic E-state index is -3.95. The maximum atomic E-state index is 13.1. The zero-order valence-electron chi connectivity index (χ0n) is 14.5. The van der Waals surface area contributed by atoms with E-state index in [0.29, 0.717) is 23.6 Å². The number of rotatable bonds is 5. The lowest BCUT2D eigenvalue weighted by Crippen LogP contribution is -2.15. The summed E-state index contributed by atoms with van der Waals surface area (Å²) in [6, 6.07) is 10.3. The zero-order chi connectivity index (χ0) is 19.8. The van der Waals surface area contributed by atoms with Gasteiger partial charge in [0.15, 0.2) is 0 Å². The summed E-state index contributed by atoms with van der Waals surface area (Å²) in [7, 11) is -3.95. The van der Waals surface area contributed by atoms with E-state index in [4.69, 9.17) is 23.2 Å². The van der Waals surface area contributed by atoms with Gasteiger partial charge in [-0.25, -0.2) is 12.8 Å². The number of benzene rings is 2. The number of nitrogens with one attached hydrogen (secondary N) is 1. The van der Waals surface area contributed by atoms with Gasteiger partial charge in [-0.15, -0.1) is 0 Å². The first-order valence-corrected chi connectivity index (χ1v) is 10.2. The maximum Gasteiger partial charge on any atom is 0.263 e. The van der Waals surface area contributed by atoms with Crippen molar-refractivity contribution in [1.82, 2.24) is 9.78 Å². The Morgan fingerprint density at radius 3 is 2.44 bits per heavy atom. The molecule has 0 unspecified atom stereocenters. The van der Waals surface area contributed by atoms with E-state index >= 15 is 0 Å². The average molecular weight is 428 g/mol. The van der Waals surface area contributed by atoms with Crippen LogP contribution in [0.1, 0.15) is 17.0 Å². The molecule has 1 aromatic heterocycles. The van der Waals surface area contributed by atoms with Gasteiger partial charge in [0.2, 0.25) is 0 Å². The number of anilines is 1. The van der Waals surface area contributed by atoms with Crippen LogP contribution in [-0.4, -0.2) is 18.2 Å². The molecule has 1 N–H and O–H groups in total. The zero-order valence-corrected chi connectivity index (χ0v) is 16.8. The Bertz CT molecular complexity index is 1100. The lowest BCUT2D eigenvalue weighted by molar-refractivity contribution is 0.601. The Balaban J connectivity index is 1.92. The topological polar surface area (TPSA) is 64.0 Å². The molecule has 0 radical (unpaired) electrons. The summed E-state index contributed by atoms with van der Waals surface area (Å²) in [5, 5.41) is 4.72. The second-order valence-corrected chi connectivity index (χ2v) is 8.50. The van der Waals surface area contributed by atoms with Crippen molar-refractivity contribution in [2.24, 2.45) is 0 Å². The van der Waals surface area contributed by atoms with Gasteiger partial charge in [-0.1, -0.05) is 35.3 Å². The molecule has 0 saturated carbocycles. The van der Waals surface area contributed by atoms with Gasteiger partial charge in [0, 0.05) is 5.02 Å². The second-order valence-electron chi connectivity index (χ2n) is 6.01. The Hall–Kier alpha value is -2.09. The standard InChI is InChI=1S/C18H16Cl2FN3O2S/c1-11-18(23-27(25,26)17-9-14(19)5-8-16(17)20)12(2)24(22-11)10-13-3-6-15(21)7-4-13/h3-9,23H,10H2,1-2H3. The van der Waals surface area contributed by atoms with Crippen LogP contribution < -0.4 is 4.72 Å². The predicted molar refractivity (Wildman–Crippen MR) is 104 cm³/mol. The molecule has 0 bridgehead atoms. The molecule has 5 nitrogen and oxygen atoms in total. The van der Waals surface area contributed by atoms with Gasteiger partial charge >= 0.3 is 0 Å². The van der Waals surface area contributed by atoms with Gasteiger partial charge in [-0.3, -0.25) is 9.40 Å². The number of aromatic nitrogens is 2. The van der Waals surface area contributed by atoms with Gasteiger partial charge in [0.1, 0.15) is 10.7 Å². The van der Waals surface area contributed by atoms with Crippen molar-refractivity contribution >= 4 is 38.9 Å². The van der Waals surface area contributed by atoms with E-state index in [2.05, 4.69) is 9.82 Å². The van der Waals surface area contributed by atoms with E-state index < -0.39 is 10.0 Å². The van der Waals surface area contributed by atoms with Crippen LogP contribution in [0, 0.1) is 19.7 Å². The molecule has 142 valence electrons. The fourth-order valence-electron chi connectivity index (χ4n) is 2.63. The number of hydrogen-bond acceptors (Lipinski definition) is 3. The van der Waals surface area contributed by atoms with Crippen molar-refractivity contribution in [3.63, 3.8) is 0 Å². The molecular weight excluding hydrogens is 412 g/mol. The minimum Gasteiger partial charge on any atom is -0.276 e. The van der Waals surface area contributed by atoms with E-state index in [9.17, 15) is 12.8 Å². The summed E-state index contributed by atoms with van der Waals surface area (Å²) in [6.07, 6.45) is 0. The lowest BCUT2D eigenvalue weighted by atomic mass is 10.2. The molecule has 9 heteroatoms. The van der Waals surface area contributed by atoms with Gasteiger partial charge in [0.25, 0.3) is 10.0 Å². The summed E-state index contributed by atoms with van der Waals surface area (Å²) in [5.74, 6) is -0.320. The van der Waals surface area contributed by atoms with Crippen LogP contribution >= 0.6 is 23.2 Å². The molecule has 0 atom stereocenters. The maximum absolute atomic E-state index is 13.1. The molecule has 0 aliphatic carbocycles. The monoisotopic (exact) mass is 427 g/mol. The van der Waals surface area contributed by atoms with Crippen molar-refractivity contribution in [2.45, 2.75) is 25.3 Å². The molecular formula is C18H16Cl2FN3O2S. The van der Waals surface area contributed by atoms with Crippen molar-refractivity contribution in [3.05, 3.63) is 75.3 Å². The van der Waals surface area contributed by atoms with Crippen LogP contribution in [-0.2, 0) is 16.6 Å². The second kappa shape index (κ2) is 7.50. The van der Waals surface area contributed by atoms with Crippen molar-refractivity contribution < 1.29 is 12.8 Å². The Morgan fingerprint density at radius 1 is 1.11 bits per heavy atom. The largest absolute Gasteiger partial charge is 0.276 e. The number of nitrogens with zero attached hydrogens (tertiary/aromatic N) is 2. The Labute approximate surface area is 166 Å². The Kier molecular flexibility index (Phi) is 5.46. The highest BCUT2D eigenvalue weighted by molar-refractivity contribution is 7.92. The van der Waals surface area contributed by atoms with Crippen LogP contribution in [0.15, 0.2) is 47.4 Å². The van der Waals surface area contributed by atoms with Crippen LogP contribution in [0.3, 0.4) is 0 Å². The van der Waals surface area contributed by atoms with Crippen molar-refractivity contribution in [3.8, 4) is 0 Å². The van der Waals surface area contributed by atoms with E-state index in [-0.39, 0.29) is 20.8 Å². The fraction of sp³-hybridized carbons (Fsp3) is 0.167. The molecule has 0 amide bonds. The quantitative estimate of drug-likeness (QED) is 0.635. The lowest BCUT2D eigenvalue weighted by Gasteiger charge is -2.11. The number of halogens is 3. The fourth-order valence-corrected chi connectivity index (χ4v) is 4.57. The number of sulfonamides is 1. The molecule has 0 spiro atoms. The summed E-state index contributed by atoms with van der Waals surface area (Å²) < 4.78 is 42.8. The highest BCUT2D eigenvalue weighted by Crippen LogP contribution is 2.29. The Morgan fingerprint density at radius 2 is 1.78 bits per heavy atom. The van der Waals surface area contributed by atoms with E-state index in [1.165, 1.54) is 30.3 Å². The SMILES string of the molecule is Cc1nn(Cc2ccc(F)cc2)c(C)c1NS(=O)(=O)c1cc(Cl)ccc1Cl. The molecule has 0 aliphatic rings. The summed E-state index contributed by atoms with van der Waals surface area (Å²) in [4.78, 5) is -0.109. The van der Waals surface area contributed by atoms with Gasteiger partial charge in [-0.2, -0.15) is 5.10 Å². The van der Waals surface area contributed by atoms with Crippen molar-refractivity contribution in [1.29, 1.82) is 0 Å². The van der Waals surface area contributed by atoms with E-state index in [1.807, 2.05) is 0 Å². The van der Waals surface area contributed by atoms with Crippen LogP contribution in [0.25, 0.3) is 0 Å². The molecule has 27 heavy (non-hydrogen) atoms. The molecule has 0 aliphatic heterocycles. The highest BCUT2D eigenvalue weighted by Gasteiger charge is 2.22. The third-order valence-electron chi connectivity index (χ3n) is 4.05. The van der Waals surface area contributed by atoms with Crippen LogP contribution in [0.4, 0.5) is 10.1 Å². The van der Waals surface area contributed by atoms with E-state index in [1.54, 1.807) is 30.7 Å². The first kappa shape index (κ1) is 19.7. The van der Waals surface area contributed by atoms with Crippen LogP contribution in [0.2, 0.25) is 10.0 Å². The van der Waals surface area contributed by atoms with Crippen molar-refractivity contribution in [2.75, 3.05) is 4.72 Å². The highest BCUT2D eigenvalue weighted by atomic mass is 35.5. The smallest absolute Gasteiger partial charge is 0.263 e. The molecule has 0 fully saturated rings. The summed E-state index contributed by atoms with van der Waals surface area (Å²) in [5.41, 5.74) is 2.34. The predicted octanol–water partition coefficient (Wildman–Crippen LogP) is 4.79. The summed E-state index contributed by atoms with van der Waals surface area (Å²) in [6.45, 7) is 3.83. The molecule has 2 aromatic carbocycles. The molecule has 3 rings (SSSR count). The van der Waals surface area contributed by atoms with Gasteiger partial charge < -0.3 is 0 Å². The average Bonchev–Trinajstić information content (AvgIpc) is 2.86. The third-order valence-corrected chi connectivity index (χ3v) is 6.11. The number of hydrogen-bond donors (Lipinski definition) is 1. The minimum absolute atomic E-state index is 0.0703. The van der Waals surface area contributed by atoms with Gasteiger partial charge in [-0.05, 0) is 49.7 Å². The summed E-state index contributed by atoms with van der Waals surface area (Å²) >= 11 is 11.9. The third kappa shape index (κ3) is 4.26. The molecule has 1 heterocycles. The molecule has 3 aromatic rings. The molecule has 0 saturated heterocycles.